The summed E-state index contributed by atoms with van der Waals surface area (Å²) >= 11 is 8.24. The molecule has 0 N–H and O–H groups in total. The summed E-state index contributed by atoms with van der Waals surface area (Å²) in [7, 11) is 0. The normalized spacial score (nSPS) is 8.22. The van der Waals surface area contributed by atoms with Crippen molar-refractivity contribution in [1.82, 2.24) is 0 Å². The summed E-state index contributed by atoms with van der Waals surface area (Å²) in [6.45, 7) is 0. The molecule has 0 aliphatic heterocycles. The molecule has 0 atom stereocenters. The monoisotopic (exact) mass is 244 g/mol. The number of hydrogen-bond acceptors (Lipinski definition) is 2. The van der Waals surface area contributed by atoms with E-state index >= 15 is 0 Å². The summed E-state index contributed by atoms with van der Waals surface area (Å²) in [4.78, 5) is 1.85. The van der Waals surface area contributed by atoms with Gasteiger partial charge in [0.1, 0.15) is 0 Å². The molecule has 1 aromatic rings. The molecule has 0 heterocycles. The predicted octanol–water partition coefficient (Wildman–Crippen LogP) is 2.26. The van der Waals surface area contributed by atoms with Crippen LogP contribution in [0.1, 0.15) is 0 Å². The largest absolute Gasteiger partial charge is 0.142 e. The summed E-state index contributed by atoms with van der Waals surface area (Å²) < 4.78 is 0. The van der Waals surface area contributed by atoms with Crippen molar-refractivity contribution in [2.75, 3.05) is 0 Å². The van der Waals surface area contributed by atoms with Gasteiger partial charge >= 0.3 is 0 Å². The fourth-order valence-electron chi connectivity index (χ4n) is 0.464. The maximum atomic E-state index is 4.12. The third-order valence-corrected chi connectivity index (χ3v) is 1.84. The van der Waals surface area contributed by atoms with Crippen LogP contribution in [0, 0.1) is 0 Å². The smallest absolute Gasteiger partial charge is 0.0174 e. The molecule has 3 heteroatoms. The minimum absolute atomic E-state index is 0. The Labute approximate surface area is 78.6 Å². The van der Waals surface area contributed by atoms with Crippen LogP contribution in [0.25, 0.3) is 0 Å². The van der Waals surface area contributed by atoms with E-state index in [1.165, 1.54) is 0 Å². The predicted molar refractivity (Wildman–Crippen MR) is 40.9 cm³/mol. The molecule has 0 aromatic heterocycles. The summed E-state index contributed by atoms with van der Waals surface area (Å²) in [6.07, 6.45) is 0. The summed E-state index contributed by atoms with van der Waals surface area (Å²) in [5.74, 6) is 0. The van der Waals surface area contributed by atoms with Crippen molar-refractivity contribution in [1.29, 1.82) is 0 Å². The quantitative estimate of drug-likeness (QED) is 0.507. The van der Waals surface area contributed by atoms with E-state index in [0.29, 0.717) is 0 Å². The van der Waals surface area contributed by atoms with Crippen molar-refractivity contribution in [2.24, 2.45) is 0 Å². The molecule has 0 nitrogen and oxygen atoms in total. The minimum Gasteiger partial charge on any atom is -0.142 e. The van der Waals surface area contributed by atoms with Crippen LogP contribution >= 0.6 is 25.3 Å². The van der Waals surface area contributed by atoms with Crippen molar-refractivity contribution in [3.8, 4) is 0 Å². The fourth-order valence-corrected chi connectivity index (χ4v) is 0.785. The summed E-state index contributed by atoms with van der Waals surface area (Å²) in [6, 6.07) is 7.68. The van der Waals surface area contributed by atoms with Crippen LogP contribution < -0.4 is 0 Å². The maximum Gasteiger partial charge on any atom is 0.0174 e. The SMILES string of the molecule is Sc1ccccc1S.[Ru]. The third-order valence-electron chi connectivity index (χ3n) is 0.882. The molecule has 0 aliphatic carbocycles. The van der Waals surface area contributed by atoms with Gasteiger partial charge in [-0.25, -0.2) is 0 Å². The Kier molecular flexibility index (Phi) is 4.64. The topological polar surface area (TPSA) is 0 Å². The maximum absolute atomic E-state index is 4.12. The molecule has 0 aliphatic rings. The second-order valence-electron chi connectivity index (χ2n) is 1.49. The molecule has 0 radical (unpaired) electrons. The Morgan fingerprint density at radius 2 is 1.22 bits per heavy atom. The number of thiol groups is 2. The van der Waals surface area contributed by atoms with Gasteiger partial charge in [0, 0.05) is 29.3 Å². The Bertz CT molecular complexity index is 167. The molecule has 0 saturated carbocycles. The zero-order valence-electron chi connectivity index (χ0n) is 4.56. The Morgan fingerprint density at radius 1 is 0.889 bits per heavy atom. The summed E-state index contributed by atoms with van der Waals surface area (Å²) in [5.41, 5.74) is 0. The van der Waals surface area contributed by atoms with Crippen molar-refractivity contribution in [3.63, 3.8) is 0 Å². The van der Waals surface area contributed by atoms with Gasteiger partial charge in [-0.05, 0) is 12.1 Å². The van der Waals surface area contributed by atoms with E-state index in [4.69, 9.17) is 0 Å². The van der Waals surface area contributed by atoms with Crippen molar-refractivity contribution in [2.45, 2.75) is 9.79 Å². The molecule has 50 valence electrons. The minimum atomic E-state index is 0. The first kappa shape index (κ1) is 9.54. The molecular weight excluding hydrogens is 237 g/mol. The van der Waals surface area contributed by atoms with Crippen LogP contribution in [0.2, 0.25) is 0 Å². The van der Waals surface area contributed by atoms with Gasteiger partial charge in [-0.2, -0.15) is 0 Å². The molecule has 1 aromatic carbocycles. The van der Waals surface area contributed by atoms with Crippen molar-refractivity contribution >= 4 is 25.3 Å². The zero-order valence-corrected chi connectivity index (χ0v) is 8.08. The number of benzene rings is 1. The standard InChI is InChI=1S/C6H6S2.Ru/c7-5-3-1-2-4-6(5)8;/h1-4,7-8H;. The van der Waals surface area contributed by atoms with Gasteiger partial charge < -0.3 is 0 Å². The Hall–Kier alpha value is 0.543. The number of hydrogen-bond donors (Lipinski definition) is 2. The summed E-state index contributed by atoms with van der Waals surface area (Å²) in [5, 5.41) is 0. The first-order valence-electron chi connectivity index (χ1n) is 2.27. The van der Waals surface area contributed by atoms with E-state index in [9.17, 15) is 0 Å². The van der Waals surface area contributed by atoms with Gasteiger partial charge in [-0.1, -0.05) is 12.1 Å². The van der Waals surface area contributed by atoms with Crippen LogP contribution in [0.3, 0.4) is 0 Å². The molecule has 1 rings (SSSR count). The average Bonchev–Trinajstić information content (AvgIpc) is 1.77. The van der Waals surface area contributed by atoms with Crippen molar-refractivity contribution in [3.05, 3.63) is 24.3 Å². The molecule has 0 saturated heterocycles. The first-order valence-corrected chi connectivity index (χ1v) is 3.17. The van der Waals surface area contributed by atoms with Gasteiger partial charge in [-0.3, -0.25) is 0 Å². The van der Waals surface area contributed by atoms with E-state index in [0.717, 1.165) is 9.79 Å². The van der Waals surface area contributed by atoms with E-state index < -0.39 is 0 Å². The molecule has 0 fully saturated rings. The van der Waals surface area contributed by atoms with Gasteiger partial charge in [0.2, 0.25) is 0 Å². The Morgan fingerprint density at radius 3 is 1.44 bits per heavy atom. The van der Waals surface area contributed by atoms with Gasteiger partial charge in [0.25, 0.3) is 0 Å². The number of rotatable bonds is 0. The van der Waals surface area contributed by atoms with Gasteiger partial charge in [0.05, 0.1) is 0 Å². The van der Waals surface area contributed by atoms with E-state index in [1.54, 1.807) is 0 Å². The van der Waals surface area contributed by atoms with Crippen LogP contribution in [-0.4, -0.2) is 0 Å². The van der Waals surface area contributed by atoms with Gasteiger partial charge in [-0.15, -0.1) is 25.3 Å². The van der Waals surface area contributed by atoms with Crippen LogP contribution in [0.4, 0.5) is 0 Å². The molecule has 0 spiro atoms. The molecular formula is C6H6RuS2. The Balaban J connectivity index is 0.000000640. The molecule has 0 amide bonds. The van der Waals surface area contributed by atoms with Crippen LogP contribution in [0.15, 0.2) is 34.1 Å². The first-order chi connectivity index (χ1) is 3.80. The van der Waals surface area contributed by atoms with Crippen molar-refractivity contribution < 1.29 is 19.5 Å². The van der Waals surface area contributed by atoms with E-state index in [2.05, 4.69) is 25.3 Å². The average molecular weight is 243 g/mol. The fraction of sp³-hybridized carbons (Fsp3) is 0. The molecule has 9 heavy (non-hydrogen) atoms. The molecule has 0 bridgehead atoms. The second-order valence-corrected chi connectivity index (χ2v) is 2.45. The van der Waals surface area contributed by atoms with Gasteiger partial charge in [0.15, 0.2) is 0 Å². The molecule has 0 unspecified atom stereocenters. The van der Waals surface area contributed by atoms with E-state index in [-0.39, 0.29) is 19.5 Å². The van der Waals surface area contributed by atoms with Crippen LogP contribution in [-0.2, 0) is 19.5 Å². The second kappa shape index (κ2) is 4.37. The van der Waals surface area contributed by atoms with Crippen LogP contribution in [0.5, 0.6) is 0 Å². The third kappa shape index (κ3) is 2.75. The zero-order chi connectivity index (χ0) is 5.98. The van der Waals surface area contributed by atoms with E-state index in [1.807, 2.05) is 24.3 Å².